The Balaban J connectivity index is 1.61. The van der Waals surface area contributed by atoms with Gasteiger partial charge in [-0.3, -0.25) is 4.67 Å². The third-order valence-electron chi connectivity index (χ3n) is 9.32. The Bertz CT molecular complexity index is 1840. The third-order valence-corrected chi connectivity index (χ3v) is 12.0. The van der Waals surface area contributed by atoms with Crippen LogP contribution in [-0.4, -0.2) is 18.9 Å². The van der Waals surface area contributed by atoms with Gasteiger partial charge in [0, 0.05) is 20.2 Å². The molecule has 4 heteroatoms. The summed E-state index contributed by atoms with van der Waals surface area (Å²) in [6.45, 7) is 13.4. The summed E-state index contributed by atoms with van der Waals surface area (Å²) in [7, 11) is 2.53. The lowest BCUT2D eigenvalue weighted by Gasteiger charge is -2.42. The quantitative estimate of drug-likeness (QED) is 0.149. The van der Waals surface area contributed by atoms with Gasteiger partial charge in [0.2, 0.25) is 0 Å². The van der Waals surface area contributed by atoms with Crippen LogP contribution >= 0.6 is 8.07 Å². The van der Waals surface area contributed by atoms with Crippen LogP contribution < -0.4 is 20.1 Å². The summed E-state index contributed by atoms with van der Waals surface area (Å²) in [4.78, 5) is 0. The monoisotopic (exact) mass is 625 g/mol. The van der Waals surface area contributed by atoms with Crippen LogP contribution in [0.2, 0.25) is 0 Å². The van der Waals surface area contributed by atoms with E-state index < -0.39 is 8.07 Å². The van der Waals surface area contributed by atoms with Crippen LogP contribution in [0.25, 0.3) is 21.5 Å². The molecule has 3 nitrogen and oxygen atoms in total. The first-order chi connectivity index (χ1) is 22.2. The first-order valence-corrected chi connectivity index (χ1v) is 17.4. The minimum atomic E-state index is -1.00. The summed E-state index contributed by atoms with van der Waals surface area (Å²) in [6, 6.07) is 40.8. The molecule has 0 bridgehead atoms. The number of ether oxygens (including phenoxy) is 2. The maximum absolute atomic E-state index is 5.84. The van der Waals surface area contributed by atoms with E-state index in [1.54, 1.807) is 14.2 Å². The lowest BCUT2D eigenvalue weighted by Crippen LogP contribution is -2.34. The molecule has 0 aromatic heterocycles. The molecule has 0 radical (unpaired) electrons. The van der Waals surface area contributed by atoms with Crippen molar-refractivity contribution >= 4 is 40.2 Å². The van der Waals surface area contributed by atoms with E-state index in [9.17, 15) is 0 Å². The third kappa shape index (κ3) is 6.03. The minimum Gasteiger partial charge on any atom is -0.496 e. The number of hydrogen-bond donors (Lipinski definition) is 0. The van der Waals surface area contributed by atoms with Crippen LogP contribution in [0.1, 0.15) is 59.3 Å². The van der Waals surface area contributed by atoms with Crippen LogP contribution in [-0.2, 0) is 0 Å². The molecule has 0 unspecified atom stereocenters. The summed E-state index contributed by atoms with van der Waals surface area (Å²) in [6.07, 6.45) is 0. The van der Waals surface area contributed by atoms with Gasteiger partial charge in [-0.2, -0.15) is 0 Å². The predicted octanol–water partition coefficient (Wildman–Crippen LogP) is 10.4. The fourth-order valence-corrected chi connectivity index (χ4v) is 10.1. The molecule has 0 spiro atoms. The molecule has 0 fully saturated rings. The van der Waals surface area contributed by atoms with E-state index in [0.717, 1.165) is 33.8 Å². The lowest BCUT2D eigenvalue weighted by atomic mass is 9.99. The van der Waals surface area contributed by atoms with Gasteiger partial charge in [0.05, 0.1) is 14.2 Å². The van der Waals surface area contributed by atoms with Crippen molar-refractivity contribution in [2.75, 3.05) is 14.2 Å². The number of benzene rings is 6. The molecule has 0 saturated heterocycles. The summed E-state index contributed by atoms with van der Waals surface area (Å²) < 4.78 is 14.4. The van der Waals surface area contributed by atoms with Gasteiger partial charge >= 0.3 is 0 Å². The molecule has 2 atom stereocenters. The van der Waals surface area contributed by atoms with Crippen LogP contribution in [0.5, 0.6) is 11.5 Å². The van der Waals surface area contributed by atoms with Crippen LogP contribution in [0.3, 0.4) is 0 Å². The fraction of sp³-hybridized carbons (Fsp3) is 0.238. The molecule has 46 heavy (non-hydrogen) atoms. The van der Waals surface area contributed by atoms with E-state index >= 15 is 0 Å². The summed E-state index contributed by atoms with van der Waals surface area (Å²) in [5, 5.41) is 7.68. The summed E-state index contributed by atoms with van der Waals surface area (Å²) >= 11 is 0. The Kier molecular flexibility index (Phi) is 9.18. The number of methoxy groups -OCH3 is 2. The van der Waals surface area contributed by atoms with Crippen LogP contribution in [0.4, 0.5) is 0 Å². The van der Waals surface area contributed by atoms with Crippen LogP contribution in [0.15, 0.2) is 109 Å². The van der Waals surface area contributed by atoms with Crippen molar-refractivity contribution in [2.45, 2.75) is 53.6 Å². The van der Waals surface area contributed by atoms with E-state index in [1.807, 2.05) is 0 Å². The predicted molar refractivity (Wildman–Crippen MR) is 198 cm³/mol. The highest BCUT2D eigenvalue weighted by Crippen LogP contribution is 2.52. The second-order valence-corrected chi connectivity index (χ2v) is 14.6. The van der Waals surface area contributed by atoms with Crippen LogP contribution in [0, 0.1) is 27.7 Å². The van der Waals surface area contributed by atoms with E-state index in [1.165, 1.54) is 43.3 Å². The Morgan fingerprint density at radius 1 is 0.478 bits per heavy atom. The molecule has 6 aromatic carbocycles. The SMILES string of the molecule is COc1c(C)cc(P(c2cc(C)c(OC)c(C)c2)N([C@@H](C)c2ccc3ccccc3c2)[C@@H](C)c2ccc3ccccc3c2)cc1C. The van der Waals surface area contributed by atoms with Gasteiger partial charge in [-0.05, 0) is 143 Å². The van der Waals surface area contributed by atoms with Crippen molar-refractivity contribution in [1.82, 2.24) is 4.67 Å². The van der Waals surface area contributed by atoms with Crippen molar-refractivity contribution < 1.29 is 9.47 Å². The molecule has 6 aromatic rings. The zero-order valence-electron chi connectivity index (χ0n) is 28.3. The Morgan fingerprint density at radius 2 is 0.826 bits per heavy atom. The minimum absolute atomic E-state index is 0.114. The van der Waals surface area contributed by atoms with Crippen molar-refractivity contribution in [1.29, 1.82) is 0 Å². The molecule has 234 valence electrons. The molecule has 0 N–H and O–H groups in total. The normalized spacial score (nSPS) is 13.0. The first kappa shape index (κ1) is 31.8. The number of nitrogens with zero attached hydrogens (tertiary/aromatic N) is 1. The van der Waals surface area contributed by atoms with Crippen molar-refractivity contribution in [2.24, 2.45) is 0 Å². The number of fused-ring (bicyclic) bond motifs is 2. The lowest BCUT2D eigenvalue weighted by molar-refractivity contribution is 0.303. The molecule has 0 amide bonds. The van der Waals surface area contributed by atoms with Gasteiger partial charge in [0.1, 0.15) is 11.5 Å². The van der Waals surface area contributed by atoms with Gasteiger partial charge in [-0.25, -0.2) is 0 Å². The van der Waals surface area contributed by atoms with Gasteiger partial charge in [0.25, 0.3) is 0 Å². The zero-order chi connectivity index (χ0) is 32.5. The molecular formula is C42H44NO2P. The molecule has 0 saturated carbocycles. The smallest absolute Gasteiger partial charge is 0.124 e. The maximum Gasteiger partial charge on any atom is 0.124 e. The van der Waals surface area contributed by atoms with Crippen molar-refractivity contribution in [3.8, 4) is 11.5 Å². The fourth-order valence-electron chi connectivity index (χ4n) is 7.08. The first-order valence-electron chi connectivity index (χ1n) is 16.1. The van der Waals surface area contributed by atoms with Crippen molar-refractivity contribution in [3.63, 3.8) is 0 Å². The van der Waals surface area contributed by atoms with E-state index in [4.69, 9.17) is 9.47 Å². The molecular weight excluding hydrogens is 581 g/mol. The highest BCUT2D eigenvalue weighted by Gasteiger charge is 2.34. The second-order valence-electron chi connectivity index (χ2n) is 12.5. The zero-order valence-corrected chi connectivity index (χ0v) is 29.2. The van der Waals surface area contributed by atoms with Gasteiger partial charge < -0.3 is 9.47 Å². The van der Waals surface area contributed by atoms with Gasteiger partial charge in [-0.15, -0.1) is 0 Å². The van der Waals surface area contributed by atoms with Gasteiger partial charge in [-0.1, -0.05) is 72.8 Å². The summed E-state index contributed by atoms with van der Waals surface area (Å²) in [5.41, 5.74) is 7.24. The topological polar surface area (TPSA) is 21.7 Å². The largest absolute Gasteiger partial charge is 0.496 e. The molecule has 0 aliphatic rings. The summed E-state index contributed by atoms with van der Waals surface area (Å²) in [5.74, 6) is 1.91. The second kappa shape index (κ2) is 13.3. The molecule has 6 rings (SSSR count). The van der Waals surface area contributed by atoms with E-state index in [0.29, 0.717) is 0 Å². The van der Waals surface area contributed by atoms with E-state index in [-0.39, 0.29) is 12.1 Å². The Labute approximate surface area is 275 Å². The maximum atomic E-state index is 5.84. The standard InChI is InChI=1S/C42H44NO2P/c1-27-21-39(22-28(2)41(27)44-7)46(40-23-29(3)42(45-8)30(4)24-40)43(31(5)35-19-17-33-13-9-11-15-37(33)25-35)32(6)36-20-18-34-14-10-12-16-38(34)26-36/h9-26,31-32H,1-8H3/t31-,32-/m0/s1. The average molecular weight is 626 g/mol. The number of aryl methyl sites for hydroxylation is 4. The van der Waals surface area contributed by atoms with Crippen molar-refractivity contribution in [3.05, 3.63) is 143 Å². The average Bonchev–Trinajstić information content (AvgIpc) is 3.05. The highest BCUT2D eigenvalue weighted by atomic mass is 31.1. The Morgan fingerprint density at radius 3 is 1.17 bits per heavy atom. The molecule has 0 aliphatic heterocycles. The van der Waals surface area contributed by atoms with Gasteiger partial charge in [0.15, 0.2) is 0 Å². The van der Waals surface area contributed by atoms with E-state index in [2.05, 4.69) is 155 Å². The number of rotatable bonds is 9. The molecule has 0 aliphatic carbocycles. The molecule has 0 heterocycles. The number of hydrogen-bond acceptors (Lipinski definition) is 3. The highest BCUT2D eigenvalue weighted by molar-refractivity contribution is 7.70. The Hall–Kier alpha value is -4.17.